The Morgan fingerprint density at radius 3 is 2.67 bits per heavy atom. The van der Waals surface area contributed by atoms with Gasteiger partial charge in [-0.15, -0.1) is 0 Å². The van der Waals surface area contributed by atoms with Gasteiger partial charge in [0.15, 0.2) is 0 Å². The van der Waals surface area contributed by atoms with E-state index in [1.54, 1.807) is 25.2 Å². The van der Waals surface area contributed by atoms with E-state index in [0.717, 1.165) is 24.0 Å². The summed E-state index contributed by atoms with van der Waals surface area (Å²) in [4.78, 5) is 25.7. The molecule has 2 fully saturated rings. The first-order chi connectivity index (χ1) is 17.1. The Hall–Kier alpha value is -2.48. The van der Waals surface area contributed by atoms with Gasteiger partial charge in [-0.1, -0.05) is 49.0 Å². The van der Waals surface area contributed by atoms with Gasteiger partial charge in [0.2, 0.25) is 0 Å². The highest BCUT2D eigenvalue weighted by Crippen LogP contribution is 2.65. The maximum Gasteiger partial charge on any atom is 0.331 e. The molecule has 36 heavy (non-hydrogen) atoms. The number of cyclic esters (lactones) is 1. The number of hydrogen-bond donors (Lipinski definition) is 1. The molecule has 2 aliphatic heterocycles. The molecule has 1 N–H and O–H groups in total. The van der Waals surface area contributed by atoms with E-state index in [2.05, 4.69) is 26.5 Å². The van der Waals surface area contributed by atoms with Gasteiger partial charge in [0, 0.05) is 29.4 Å². The van der Waals surface area contributed by atoms with Gasteiger partial charge in [-0.05, 0) is 45.6 Å². The van der Waals surface area contributed by atoms with Crippen molar-refractivity contribution >= 4 is 11.9 Å². The number of fused-ring (bicyclic) bond motifs is 1. The van der Waals surface area contributed by atoms with Crippen LogP contribution < -0.4 is 0 Å². The molecule has 2 bridgehead atoms. The largest absolute Gasteiger partial charge is 0.462 e. The number of aliphatic hydroxyl groups excluding tert-OH is 1. The van der Waals surface area contributed by atoms with Crippen LogP contribution in [-0.2, 0) is 28.5 Å². The Bertz CT molecular complexity index is 1020. The molecule has 7 nitrogen and oxygen atoms in total. The molecule has 1 spiro atoms. The van der Waals surface area contributed by atoms with Crippen molar-refractivity contribution in [3.05, 3.63) is 59.8 Å². The number of esters is 2. The number of allylic oxidation sites excluding steroid dienone is 3. The van der Waals surface area contributed by atoms with Gasteiger partial charge >= 0.3 is 11.9 Å². The predicted molar refractivity (Wildman–Crippen MR) is 135 cm³/mol. The van der Waals surface area contributed by atoms with Crippen LogP contribution >= 0.6 is 0 Å². The number of carbonyl (C=O) groups excluding carboxylic acids is 2. The second-order valence-corrected chi connectivity index (χ2v) is 10.8. The molecule has 1 saturated carbocycles. The molecule has 0 aromatic rings. The van der Waals surface area contributed by atoms with Gasteiger partial charge in [-0.2, -0.15) is 0 Å². The molecule has 4 aliphatic rings. The zero-order valence-electron chi connectivity index (χ0n) is 21.7. The van der Waals surface area contributed by atoms with Crippen LogP contribution in [0.1, 0.15) is 53.4 Å². The number of rotatable bonds is 1. The third kappa shape index (κ3) is 4.89. The monoisotopic (exact) mass is 498 g/mol. The van der Waals surface area contributed by atoms with Crippen LogP contribution in [0.3, 0.4) is 0 Å². The van der Waals surface area contributed by atoms with E-state index < -0.39 is 41.1 Å². The van der Waals surface area contributed by atoms with Gasteiger partial charge in [0.05, 0.1) is 24.9 Å². The smallest absolute Gasteiger partial charge is 0.331 e. The zero-order chi connectivity index (χ0) is 26.1. The maximum atomic E-state index is 12.8. The summed E-state index contributed by atoms with van der Waals surface area (Å²) in [6.45, 7) is 12.5. The lowest BCUT2D eigenvalue weighted by molar-refractivity contribution is -0.181. The standard InChI is InChI=1S/C29H38O7/c1-18-10-12-29-17-34-27(32)15-19(2)11-13-33-22(21(4)30)8-6-7-9-26(31)36-24-16-23(35-25(29)14-18)20(3)28(24,29)5/h6-9,14-15,21-25,30H,3,10-13,16-17H2,1-2,4-5H3/t21-,22+,23-,24-,25-,28-,29-/m1/s1. The minimum atomic E-state index is -0.734. The van der Waals surface area contributed by atoms with E-state index in [-0.39, 0.29) is 18.8 Å². The molecule has 2 aliphatic carbocycles. The lowest BCUT2D eigenvalue weighted by atomic mass is 9.53. The molecule has 2 heterocycles. The minimum absolute atomic E-state index is 0.138. The van der Waals surface area contributed by atoms with E-state index in [9.17, 15) is 14.7 Å². The normalized spacial score (nSPS) is 38.6. The number of hydrogen-bond acceptors (Lipinski definition) is 7. The molecule has 0 amide bonds. The third-order valence-corrected chi connectivity index (χ3v) is 8.44. The first-order valence-electron chi connectivity index (χ1n) is 12.8. The Labute approximate surface area is 213 Å². The fraction of sp³-hybridized carbons (Fsp3) is 0.586. The van der Waals surface area contributed by atoms with Crippen LogP contribution in [0.25, 0.3) is 0 Å². The summed E-state index contributed by atoms with van der Waals surface area (Å²) in [5.41, 5.74) is 1.74. The minimum Gasteiger partial charge on any atom is -0.462 e. The van der Waals surface area contributed by atoms with Crippen molar-refractivity contribution in [2.45, 2.75) is 83.9 Å². The first kappa shape index (κ1) is 26.6. The molecule has 0 aromatic carbocycles. The number of aliphatic hydroxyl groups is 1. The number of ether oxygens (including phenoxy) is 4. The Balaban J connectivity index is 1.70. The Kier molecular flexibility index (Phi) is 7.74. The first-order valence-corrected chi connectivity index (χ1v) is 12.8. The lowest BCUT2D eigenvalue weighted by Gasteiger charge is -2.56. The molecule has 7 atom stereocenters. The summed E-state index contributed by atoms with van der Waals surface area (Å²) in [6, 6.07) is 0. The van der Waals surface area contributed by atoms with E-state index in [4.69, 9.17) is 18.9 Å². The maximum absolute atomic E-state index is 12.8. The highest BCUT2D eigenvalue weighted by Gasteiger charge is 2.68. The highest BCUT2D eigenvalue weighted by atomic mass is 16.6. The quantitative estimate of drug-likeness (QED) is 0.429. The molecule has 0 unspecified atom stereocenters. The van der Waals surface area contributed by atoms with Crippen LogP contribution in [0.4, 0.5) is 0 Å². The fourth-order valence-corrected chi connectivity index (χ4v) is 6.04. The van der Waals surface area contributed by atoms with Crippen LogP contribution in [0.2, 0.25) is 0 Å². The van der Waals surface area contributed by atoms with Crippen molar-refractivity contribution < 1.29 is 33.6 Å². The van der Waals surface area contributed by atoms with Crippen LogP contribution in [0, 0.1) is 10.8 Å². The number of carbonyl (C=O) groups is 2. The fourth-order valence-electron chi connectivity index (χ4n) is 6.04. The average Bonchev–Trinajstić information content (AvgIpc) is 2.98. The van der Waals surface area contributed by atoms with Crippen molar-refractivity contribution in [3.63, 3.8) is 0 Å². The Morgan fingerprint density at radius 1 is 1.14 bits per heavy atom. The van der Waals surface area contributed by atoms with E-state index in [1.807, 2.05) is 6.92 Å². The molecule has 1 saturated heterocycles. The van der Waals surface area contributed by atoms with Gasteiger partial charge in [0.1, 0.15) is 18.8 Å². The topological polar surface area (TPSA) is 91.3 Å². The molecule has 4 rings (SSSR count). The molecular formula is C29H38O7. The lowest BCUT2D eigenvalue weighted by Crippen LogP contribution is -2.60. The van der Waals surface area contributed by atoms with Crippen LogP contribution in [0.5, 0.6) is 0 Å². The molecule has 0 aromatic heterocycles. The van der Waals surface area contributed by atoms with E-state index in [1.165, 1.54) is 17.7 Å². The van der Waals surface area contributed by atoms with E-state index in [0.29, 0.717) is 19.4 Å². The predicted octanol–water partition coefficient (Wildman–Crippen LogP) is 4.13. The van der Waals surface area contributed by atoms with Gasteiger partial charge < -0.3 is 24.1 Å². The third-order valence-electron chi connectivity index (χ3n) is 8.44. The Morgan fingerprint density at radius 2 is 1.92 bits per heavy atom. The summed E-state index contributed by atoms with van der Waals surface area (Å²) in [5, 5.41) is 10.0. The van der Waals surface area contributed by atoms with Crippen molar-refractivity contribution in [1.29, 1.82) is 0 Å². The zero-order valence-corrected chi connectivity index (χ0v) is 21.7. The van der Waals surface area contributed by atoms with Crippen molar-refractivity contribution in [1.82, 2.24) is 0 Å². The average molecular weight is 499 g/mol. The van der Waals surface area contributed by atoms with Crippen LogP contribution in [-0.4, -0.2) is 60.8 Å². The summed E-state index contributed by atoms with van der Waals surface area (Å²) in [7, 11) is 0. The second kappa shape index (κ2) is 10.5. The summed E-state index contributed by atoms with van der Waals surface area (Å²) >= 11 is 0. The van der Waals surface area contributed by atoms with Crippen molar-refractivity contribution in [2.24, 2.45) is 10.8 Å². The van der Waals surface area contributed by atoms with Crippen LogP contribution in [0.15, 0.2) is 59.8 Å². The molecule has 7 heteroatoms. The SMILES string of the molecule is C=C1[C@H]2C[C@H]3OC(=O)C=CC=C[C@@H]([C@@H](C)O)OCCC(C)=CC(=O)OC[C@@]4(CCC(C)=C[C@H]4O2)[C@]13C. The highest BCUT2D eigenvalue weighted by molar-refractivity contribution is 5.83. The molecular weight excluding hydrogens is 460 g/mol. The van der Waals surface area contributed by atoms with Gasteiger partial charge in [-0.25, -0.2) is 9.59 Å². The molecule has 196 valence electrons. The summed E-state index contributed by atoms with van der Waals surface area (Å²) < 4.78 is 24.2. The van der Waals surface area contributed by atoms with Gasteiger partial charge in [-0.3, -0.25) is 0 Å². The molecule has 0 radical (unpaired) electrons. The summed E-state index contributed by atoms with van der Waals surface area (Å²) in [5.74, 6) is -0.891. The van der Waals surface area contributed by atoms with Crippen molar-refractivity contribution in [2.75, 3.05) is 13.2 Å². The summed E-state index contributed by atoms with van der Waals surface area (Å²) in [6.07, 6.45) is 10.3. The van der Waals surface area contributed by atoms with Crippen molar-refractivity contribution in [3.8, 4) is 0 Å². The van der Waals surface area contributed by atoms with Gasteiger partial charge in [0.25, 0.3) is 0 Å². The van der Waals surface area contributed by atoms with E-state index >= 15 is 0 Å². The second-order valence-electron chi connectivity index (χ2n) is 10.8.